The molecule has 0 atom stereocenters. The van der Waals surface area contributed by atoms with Gasteiger partial charge in [0.05, 0.1) is 5.56 Å². The summed E-state index contributed by atoms with van der Waals surface area (Å²) in [6, 6.07) is 2.65. The number of aromatic amines is 1. The summed E-state index contributed by atoms with van der Waals surface area (Å²) in [5.41, 5.74) is -0.576. The summed E-state index contributed by atoms with van der Waals surface area (Å²) in [6.07, 6.45) is -0.362. The van der Waals surface area contributed by atoms with Crippen molar-refractivity contribution in [1.29, 1.82) is 0 Å². The molecule has 1 heterocycles. The summed E-state index contributed by atoms with van der Waals surface area (Å²) < 4.78 is 26.1. The minimum Gasteiger partial charge on any atom is -0.326 e. The second-order valence-corrected chi connectivity index (χ2v) is 2.94. The monoisotopic (exact) mass is 187 g/mol. The predicted molar refractivity (Wildman–Crippen MR) is 46.0 cm³/mol. The highest BCUT2D eigenvalue weighted by molar-refractivity contribution is 5.18. The quantitative estimate of drug-likeness (QED) is 0.756. The third-order valence-corrected chi connectivity index (χ3v) is 1.89. The topological polar surface area (TPSA) is 32.9 Å². The molecule has 0 bridgehead atoms. The number of rotatable bonds is 2. The Morgan fingerprint density at radius 2 is 2.08 bits per heavy atom. The average Bonchev–Trinajstić information content (AvgIpc) is 2.03. The highest BCUT2D eigenvalue weighted by Crippen LogP contribution is 2.28. The molecule has 72 valence electrons. The van der Waals surface area contributed by atoms with Crippen LogP contribution in [-0.2, 0) is 5.92 Å². The summed E-state index contributed by atoms with van der Waals surface area (Å²) in [7, 11) is 0. The predicted octanol–water partition coefficient (Wildman–Crippen LogP) is 2.19. The number of alkyl halides is 2. The van der Waals surface area contributed by atoms with Crippen LogP contribution in [0.25, 0.3) is 0 Å². The number of H-pyrrole nitrogens is 1. The van der Waals surface area contributed by atoms with Gasteiger partial charge in [0.2, 0.25) is 0 Å². The zero-order valence-corrected chi connectivity index (χ0v) is 7.53. The largest absolute Gasteiger partial charge is 0.326 e. The first kappa shape index (κ1) is 9.89. The second kappa shape index (κ2) is 3.28. The zero-order chi connectivity index (χ0) is 10.1. The van der Waals surface area contributed by atoms with Crippen LogP contribution in [-0.4, -0.2) is 4.98 Å². The maximum absolute atomic E-state index is 13.1. The Kier molecular flexibility index (Phi) is 2.50. The van der Waals surface area contributed by atoms with Gasteiger partial charge in [0.1, 0.15) is 0 Å². The lowest BCUT2D eigenvalue weighted by Crippen LogP contribution is -2.24. The normalized spacial score (nSPS) is 11.7. The lowest BCUT2D eigenvalue weighted by molar-refractivity contribution is -0.00973. The van der Waals surface area contributed by atoms with Crippen LogP contribution in [0.1, 0.15) is 24.6 Å². The van der Waals surface area contributed by atoms with E-state index in [9.17, 15) is 13.6 Å². The highest BCUT2D eigenvalue weighted by Gasteiger charge is 2.31. The molecule has 0 aliphatic carbocycles. The first-order valence-corrected chi connectivity index (χ1v) is 4.05. The fraction of sp³-hybridized carbons (Fsp3) is 0.444. The van der Waals surface area contributed by atoms with Crippen molar-refractivity contribution in [2.75, 3.05) is 0 Å². The van der Waals surface area contributed by atoms with Crippen LogP contribution < -0.4 is 5.56 Å². The Morgan fingerprint density at radius 3 is 2.54 bits per heavy atom. The van der Waals surface area contributed by atoms with E-state index in [0.717, 1.165) is 0 Å². The molecule has 0 amide bonds. The number of hydrogen-bond acceptors (Lipinski definition) is 1. The van der Waals surface area contributed by atoms with E-state index in [1.165, 1.54) is 19.1 Å². The molecule has 0 saturated heterocycles. The first-order chi connectivity index (χ1) is 5.97. The second-order valence-electron chi connectivity index (χ2n) is 2.94. The molecule has 0 aliphatic rings. The number of aryl methyl sites for hydroxylation is 1. The molecule has 1 rings (SSSR count). The van der Waals surface area contributed by atoms with Crippen LogP contribution in [0.5, 0.6) is 0 Å². The third-order valence-electron chi connectivity index (χ3n) is 1.89. The van der Waals surface area contributed by atoms with Crippen molar-refractivity contribution < 1.29 is 8.78 Å². The standard InChI is InChI=1S/C9H11F2NO/c1-3-9(10,11)7-5-4-6(2)12-8(7)13/h4-5H,3H2,1-2H3,(H,12,13). The number of halogens is 2. The minimum atomic E-state index is -3.03. The van der Waals surface area contributed by atoms with Crippen LogP contribution >= 0.6 is 0 Å². The molecule has 2 nitrogen and oxygen atoms in total. The third kappa shape index (κ3) is 1.94. The van der Waals surface area contributed by atoms with Gasteiger partial charge in [-0.25, -0.2) is 8.78 Å². The fourth-order valence-corrected chi connectivity index (χ4v) is 1.05. The van der Waals surface area contributed by atoms with Crippen LogP contribution in [0.3, 0.4) is 0 Å². The number of aromatic nitrogens is 1. The van der Waals surface area contributed by atoms with Crippen molar-refractivity contribution in [3.63, 3.8) is 0 Å². The van der Waals surface area contributed by atoms with E-state index in [1.807, 2.05) is 0 Å². The van der Waals surface area contributed by atoms with Gasteiger partial charge in [-0.3, -0.25) is 4.79 Å². The molecule has 13 heavy (non-hydrogen) atoms. The number of hydrogen-bond donors (Lipinski definition) is 1. The van der Waals surface area contributed by atoms with Crippen molar-refractivity contribution in [1.82, 2.24) is 4.98 Å². The maximum atomic E-state index is 13.1. The van der Waals surface area contributed by atoms with Crippen molar-refractivity contribution in [2.45, 2.75) is 26.2 Å². The van der Waals surface area contributed by atoms with E-state index in [1.54, 1.807) is 6.92 Å². The van der Waals surface area contributed by atoms with Crippen LogP contribution in [0.4, 0.5) is 8.78 Å². The molecule has 0 saturated carbocycles. The Bertz CT molecular complexity index is 357. The van der Waals surface area contributed by atoms with Gasteiger partial charge < -0.3 is 4.98 Å². The molecule has 4 heteroatoms. The molecule has 0 aliphatic heterocycles. The Labute approximate surface area is 74.6 Å². The fourth-order valence-electron chi connectivity index (χ4n) is 1.05. The number of nitrogens with one attached hydrogen (secondary N) is 1. The summed E-state index contributed by atoms with van der Waals surface area (Å²) in [5, 5.41) is 0. The summed E-state index contributed by atoms with van der Waals surface area (Å²) in [4.78, 5) is 13.5. The van der Waals surface area contributed by atoms with E-state index >= 15 is 0 Å². The number of pyridine rings is 1. The van der Waals surface area contributed by atoms with Crippen LogP contribution in [0.2, 0.25) is 0 Å². The maximum Gasteiger partial charge on any atom is 0.278 e. The zero-order valence-electron chi connectivity index (χ0n) is 7.53. The summed E-state index contributed by atoms with van der Waals surface area (Å²) in [6.45, 7) is 2.99. The molecule has 0 unspecified atom stereocenters. The molecule has 0 radical (unpaired) electrons. The van der Waals surface area contributed by atoms with Gasteiger partial charge in [-0.1, -0.05) is 6.92 Å². The Hall–Kier alpha value is -1.19. The van der Waals surface area contributed by atoms with Crippen molar-refractivity contribution in [2.24, 2.45) is 0 Å². The Morgan fingerprint density at radius 1 is 1.46 bits per heavy atom. The lowest BCUT2D eigenvalue weighted by atomic mass is 10.1. The van der Waals surface area contributed by atoms with Crippen LogP contribution in [0, 0.1) is 6.92 Å². The van der Waals surface area contributed by atoms with E-state index in [2.05, 4.69) is 4.98 Å². The van der Waals surface area contributed by atoms with Gasteiger partial charge in [-0.05, 0) is 19.1 Å². The van der Waals surface area contributed by atoms with Gasteiger partial charge in [0.25, 0.3) is 11.5 Å². The van der Waals surface area contributed by atoms with E-state index in [4.69, 9.17) is 0 Å². The molecule has 1 N–H and O–H groups in total. The lowest BCUT2D eigenvalue weighted by Gasteiger charge is -2.12. The van der Waals surface area contributed by atoms with Crippen molar-refractivity contribution in [3.05, 3.63) is 33.7 Å². The minimum absolute atomic E-state index is 0.362. The molecule has 0 spiro atoms. The van der Waals surface area contributed by atoms with Crippen LogP contribution in [0.15, 0.2) is 16.9 Å². The first-order valence-electron chi connectivity index (χ1n) is 4.05. The smallest absolute Gasteiger partial charge is 0.278 e. The average molecular weight is 187 g/mol. The van der Waals surface area contributed by atoms with Crippen molar-refractivity contribution in [3.8, 4) is 0 Å². The van der Waals surface area contributed by atoms with Gasteiger partial charge in [0.15, 0.2) is 0 Å². The van der Waals surface area contributed by atoms with E-state index < -0.39 is 17.0 Å². The summed E-state index contributed by atoms with van der Waals surface area (Å²) >= 11 is 0. The van der Waals surface area contributed by atoms with Crippen molar-refractivity contribution >= 4 is 0 Å². The highest BCUT2D eigenvalue weighted by atomic mass is 19.3. The summed E-state index contributed by atoms with van der Waals surface area (Å²) in [5.74, 6) is -3.03. The van der Waals surface area contributed by atoms with Gasteiger partial charge in [-0.15, -0.1) is 0 Å². The van der Waals surface area contributed by atoms with Gasteiger partial charge >= 0.3 is 0 Å². The van der Waals surface area contributed by atoms with Gasteiger partial charge in [0, 0.05) is 12.1 Å². The van der Waals surface area contributed by atoms with E-state index in [0.29, 0.717) is 5.69 Å². The molecule has 1 aromatic heterocycles. The Balaban J connectivity index is 3.24. The molecular weight excluding hydrogens is 176 g/mol. The molecule has 0 aromatic carbocycles. The van der Waals surface area contributed by atoms with Gasteiger partial charge in [-0.2, -0.15) is 0 Å². The van der Waals surface area contributed by atoms with E-state index in [-0.39, 0.29) is 6.42 Å². The molecule has 0 fully saturated rings. The molecular formula is C9H11F2NO. The molecule has 1 aromatic rings. The SMILES string of the molecule is CCC(F)(F)c1ccc(C)[nH]c1=O.